The van der Waals surface area contributed by atoms with Crippen LogP contribution in [0.2, 0.25) is 0 Å². The van der Waals surface area contributed by atoms with Crippen LogP contribution in [0.1, 0.15) is 0 Å². The molecule has 0 amide bonds. The van der Waals surface area contributed by atoms with Crippen molar-refractivity contribution in [3.63, 3.8) is 0 Å². The molecule has 0 spiro atoms. The molecule has 0 N–H and O–H groups in total. The Hall–Kier alpha value is -14.8. The maximum Gasteiger partial charge on any atom is 0.164 e. The lowest BCUT2D eigenvalue weighted by molar-refractivity contribution is 1.07. The van der Waals surface area contributed by atoms with Gasteiger partial charge in [-0.15, -0.1) is 45.3 Å². The molecule has 24 aromatic rings. The predicted octanol–water partition coefficient (Wildman–Crippen LogP) is 30.3. The van der Waals surface area contributed by atoms with Crippen LogP contribution in [0, 0.1) is 0 Å². The molecule has 8 heterocycles. The maximum absolute atomic E-state index is 5.50. The van der Waals surface area contributed by atoms with Crippen molar-refractivity contribution in [2.75, 3.05) is 0 Å². The fourth-order valence-electron chi connectivity index (χ4n) is 16.8. The summed E-state index contributed by atoms with van der Waals surface area (Å²) in [6, 6.07) is 137. The highest BCUT2D eigenvalue weighted by molar-refractivity contribution is 7.28. The van der Waals surface area contributed by atoms with E-state index in [2.05, 4.69) is 267 Å². The first-order chi connectivity index (χ1) is 59.4. The summed E-state index contributed by atoms with van der Waals surface area (Å²) >= 11 is 7.41. The van der Waals surface area contributed by atoms with Gasteiger partial charge >= 0.3 is 0 Å². The van der Waals surface area contributed by atoms with Gasteiger partial charge in [0.2, 0.25) is 0 Å². The minimum absolute atomic E-state index is 0.627. The molecule has 0 aliphatic rings. The molecule has 8 aromatic heterocycles. The Labute approximate surface area is 705 Å². The molecule has 0 unspecified atom stereocenters. The standard InChI is InChI=1S/2C54H32N4S2/c1-3-13-34(14-4-1)52-56-53(35-15-5-2-6-16-35)58-54(57-52)36-27-25-33(26-28-36)49-48-44-20-8-10-24-47(44)60-51(48)43-30-29-38(32-45(43)55-49)37-17-11-18-39(31-37)40-21-12-22-42-41-19-7-9-23-46(41)59-50(40)42;1-3-12-36(13-4-1)52-56-53(37-14-5-2-6-15-37)58-54(57-52)38-28-26-35(27-29-38)49-48-44-17-8-10-21-47(44)60-51(48)43-31-30-39(32-45(43)55-49)33-22-24-34(25-23-33)40-18-11-19-42-41-16-7-9-20-46(41)59-50(40)42/h2*1-32H. The average Bonchev–Trinajstić information content (AvgIpc) is 1.54. The molecular weight excluding hydrogens is 1540 g/mol. The van der Waals surface area contributed by atoms with Gasteiger partial charge in [-0.05, 0) is 87.0 Å². The molecule has 0 fully saturated rings. The third kappa shape index (κ3) is 12.7. The topological polar surface area (TPSA) is 103 Å². The summed E-state index contributed by atoms with van der Waals surface area (Å²) in [5.74, 6) is 3.83. The Morgan fingerprint density at radius 1 is 0.150 bits per heavy atom. The summed E-state index contributed by atoms with van der Waals surface area (Å²) in [7, 11) is 0. The van der Waals surface area contributed by atoms with Gasteiger partial charge in [-0.25, -0.2) is 39.9 Å². The van der Waals surface area contributed by atoms with E-state index < -0.39 is 0 Å². The van der Waals surface area contributed by atoms with Gasteiger partial charge in [0.1, 0.15) is 0 Å². The number of thiophene rings is 4. The second kappa shape index (κ2) is 29.8. The van der Waals surface area contributed by atoms with Crippen LogP contribution in [-0.2, 0) is 0 Å². The monoisotopic (exact) mass is 1600 g/mol. The van der Waals surface area contributed by atoms with Crippen molar-refractivity contribution in [2.45, 2.75) is 0 Å². The van der Waals surface area contributed by atoms with Crippen LogP contribution < -0.4 is 0 Å². The van der Waals surface area contributed by atoms with Gasteiger partial charge in [-0.1, -0.05) is 346 Å². The Kier molecular flexibility index (Phi) is 17.5. The molecule has 0 aliphatic heterocycles. The summed E-state index contributed by atoms with van der Waals surface area (Å²) in [5, 5.41) is 12.4. The normalized spacial score (nSPS) is 11.7. The summed E-state index contributed by atoms with van der Waals surface area (Å²) < 4.78 is 10.3. The number of nitrogens with zero attached hydrogens (tertiary/aromatic N) is 8. The quantitative estimate of drug-likeness (QED) is 0.119. The van der Waals surface area contributed by atoms with Crippen molar-refractivity contribution in [3.8, 4) is 135 Å². The zero-order chi connectivity index (χ0) is 79.1. The van der Waals surface area contributed by atoms with Crippen LogP contribution in [0.3, 0.4) is 0 Å². The van der Waals surface area contributed by atoms with E-state index in [4.69, 9.17) is 39.9 Å². The van der Waals surface area contributed by atoms with E-state index in [-0.39, 0.29) is 0 Å². The Morgan fingerprint density at radius 2 is 0.417 bits per heavy atom. The second-order valence-electron chi connectivity index (χ2n) is 29.9. The summed E-state index contributed by atoms with van der Waals surface area (Å²) in [5.41, 5.74) is 21.1. The first-order valence-corrected chi connectivity index (χ1v) is 43.2. The lowest BCUT2D eigenvalue weighted by Crippen LogP contribution is -2.00. The fraction of sp³-hybridized carbons (Fsp3) is 0. The van der Waals surface area contributed by atoms with Crippen LogP contribution in [0.25, 0.3) is 238 Å². The molecule has 120 heavy (non-hydrogen) atoms. The lowest BCUT2D eigenvalue weighted by Gasteiger charge is -2.11. The number of aromatic nitrogens is 8. The van der Waals surface area contributed by atoms with E-state index in [1.807, 2.05) is 167 Å². The van der Waals surface area contributed by atoms with Crippen molar-refractivity contribution in [1.82, 2.24) is 39.9 Å². The van der Waals surface area contributed by atoms with Crippen molar-refractivity contribution in [3.05, 3.63) is 388 Å². The Morgan fingerprint density at radius 3 is 0.825 bits per heavy atom. The zero-order valence-corrected chi connectivity index (χ0v) is 67.4. The average molecular weight is 1600 g/mol. The van der Waals surface area contributed by atoms with Crippen molar-refractivity contribution >= 4 is 148 Å². The predicted molar refractivity (Wildman–Crippen MR) is 507 cm³/mol. The molecule has 0 radical (unpaired) electrons. The molecule has 16 aromatic carbocycles. The number of hydrogen-bond acceptors (Lipinski definition) is 12. The molecule has 0 saturated carbocycles. The molecule has 12 heteroatoms. The maximum atomic E-state index is 5.50. The number of hydrogen-bond donors (Lipinski definition) is 0. The van der Waals surface area contributed by atoms with Crippen molar-refractivity contribution in [1.29, 1.82) is 0 Å². The minimum Gasteiger partial charge on any atom is -0.247 e. The van der Waals surface area contributed by atoms with Crippen LogP contribution in [0.4, 0.5) is 0 Å². The van der Waals surface area contributed by atoms with Gasteiger partial charge in [0.05, 0.1) is 22.4 Å². The SMILES string of the molecule is c1ccc(-c2nc(-c3ccccc3)nc(-c3ccc(-c4nc5cc(-c6ccc(-c7cccc8c7sc7ccccc78)cc6)ccc5c5sc6ccccc6c45)cc3)n2)cc1.c1ccc(-c2nc(-c3ccccc3)nc(-c3ccc(-c4nc5cc(-c6cccc(-c7cccc8c7sc7ccccc78)c6)ccc5c5sc6ccccc6c45)cc3)n2)cc1. The summed E-state index contributed by atoms with van der Waals surface area (Å²) in [6.45, 7) is 0. The van der Waals surface area contributed by atoms with Gasteiger partial charge in [0.15, 0.2) is 34.9 Å². The summed E-state index contributed by atoms with van der Waals surface area (Å²) in [4.78, 5) is 40.7. The third-order valence-corrected chi connectivity index (χ3v) is 27.5. The summed E-state index contributed by atoms with van der Waals surface area (Å²) in [6.07, 6.45) is 0. The zero-order valence-electron chi connectivity index (χ0n) is 64.2. The first-order valence-electron chi connectivity index (χ1n) is 39.9. The van der Waals surface area contributed by atoms with Crippen LogP contribution in [0.5, 0.6) is 0 Å². The fourth-order valence-corrected chi connectivity index (χ4v) is 21.7. The number of fused-ring (bicyclic) bond motifs is 16. The number of benzene rings is 16. The van der Waals surface area contributed by atoms with Crippen molar-refractivity contribution < 1.29 is 0 Å². The highest BCUT2D eigenvalue weighted by Crippen LogP contribution is 2.49. The smallest absolute Gasteiger partial charge is 0.164 e. The molecular formula is C108H64N8S4. The second-order valence-corrected chi connectivity index (χ2v) is 34.1. The highest BCUT2D eigenvalue weighted by Gasteiger charge is 2.23. The Balaban J connectivity index is 0.000000140. The van der Waals surface area contributed by atoms with Crippen LogP contribution in [0.15, 0.2) is 388 Å². The van der Waals surface area contributed by atoms with E-state index in [1.54, 1.807) is 0 Å². The molecule has 24 rings (SSSR count). The molecule has 560 valence electrons. The van der Waals surface area contributed by atoms with Gasteiger partial charge in [-0.2, -0.15) is 0 Å². The van der Waals surface area contributed by atoms with Crippen molar-refractivity contribution in [2.24, 2.45) is 0 Å². The number of pyridine rings is 2. The third-order valence-electron chi connectivity index (χ3n) is 22.7. The van der Waals surface area contributed by atoms with E-state index in [0.29, 0.717) is 34.9 Å². The molecule has 0 atom stereocenters. The van der Waals surface area contributed by atoms with Gasteiger partial charge in [-0.3, -0.25) is 0 Å². The van der Waals surface area contributed by atoms with Gasteiger partial charge < -0.3 is 0 Å². The number of rotatable bonds is 12. The molecule has 8 nitrogen and oxygen atoms in total. The van der Waals surface area contributed by atoms with E-state index >= 15 is 0 Å². The van der Waals surface area contributed by atoms with E-state index in [1.165, 1.54) is 109 Å². The first kappa shape index (κ1) is 70.6. The minimum atomic E-state index is 0.627. The van der Waals surface area contributed by atoms with Crippen LogP contribution >= 0.6 is 45.3 Å². The molecule has 0 bridgehead atoms. The lowest BCUT2D eigenvalue weighted by atomic mass is 9.96. The Bertz CT molecular complexity index is 8010. The molecule has 0 aliphatic carbocycles. The van der Waals surface area contributed by atoms with Gasteiger partial charge in [0.25, 0.3) is 0 Å². The van der Waals surface area contributed by atoms with Gasteiger partial charge in [0, 0.05) is 136 Å². The molecule has 0 saturated heterocycles. The van der Waals surface area contributed by atoms with Crippen LogP contribution in [-0.4, -0.2) is 39.9 Å². The highest BCUT2D eigenvalue weighted by atomic mass is 32.1. The van der Waals surface area contributed by atoms with E-state index in [9.17, 15) is 0 Å². The largest absolute Gasteiger partial charge is 0.247 e. The van der Waals surface area contributed by atoms with E-state index in [0.717, 1.165) is 94.4 Å².